The molecule has 0 unspecified atom stereocenters. The number of likely N-dealkylation sites (N-methyl/N-ethyl adjacent to an activating group) is 1. The maximum absolute atomic E-state index is 12.6. The molecule has 0 saturated heterocycles. The van der Waals surface area contributed by atoms with Crippen molar-refractivity contribution in [1.82, 2.24) is 35.2 Å². The molecule has 2 heterocycles. The van der Waals surface area contributed by atoms with Crippen LogP contribution in [0.5, 0.6) is 6.01 Å². The second-order valence-electron chi connectivity index (χ2n) is 11.5. The maximum atomic E-state index is 12.6. The lowest BCUT2D eigenvalue weighted by Gasteiger charge is -2.12. The molecular weight excluding hydrogens is 909 g/mol. The summed E-state index contributed by atoms with van der Waals surface area (Å²) >= 11 is 1.30. The Bertz CT molecular complexity index is 2340. The van der Waals surface area contributed by atoms with Crippen molar-refractivity contribution in [3.8, 4) is 6.01 Å². The van der Waals surface area contributed by atoms with Gasteiger partial charge in [-0.05, 0) is 42.4 Å². The van der Waals surface area contributed by atoms with Gasteiger partial charge in [0.1, 0.15) is 11.5 Å². The van der Waals surface area contributed by atoms with Crippen LogP contribution in [-0.4, -0.2) is 142 Å². The Balaban J connectivity index is 1.59. The van der Waals surface area contributed by atoms with Crippen LogP contribution in [0.25, 0.3) is 12.2 Å². The van der Waals surface area contributed by atoms with Crippen LogP contribution >= 0.6 is 24.1 Å². The first-order valence-electron chi connectivity index (χ1n) is 17.5. The number of aliphatic hydroxyl groups excluding tert-OH is 1. The second-order valence-corrected chi connectivity index (χ2v) is 15.9. The topological polar surface area (TPSA) is 375 Å². The fourth-order valence-corrected chi connectivity index (χ4v) is 6.35. The summed E-state index contributed by atoms with van der Waals surface area (Å²) in [5.41, 5.74) is 0.969. The maximum Gasteiger partial charge on any atom is 0.323 e. The molecular formula is C31H40N12O15S4. The van der Waals surface area contributed by atoms with Crippen molar-refractivity contribution >= 4 is 104 Å². The first kappa shape index (κ1) is 49.7. The number of benzene rings is 2. The van der Waals surface area contributed by atoms with E-state index in [1.165, 1.54) is 36.6 Å². The molecule has 2 aromatic carbocycles. The molecule has 0 saturated carbocycles. The summed E-state index contributed by atoms with van der Waals surface area (Å²) in [6, 6.07) is 8.63. The van der Waals surface area contributed by atoms with E-state index in [2.05, 4.69) is 80.2 Å². The normalized spacial score (nSPS) is 12.0. The molecule has 27 nitrogen and oxygen atoms in total. The SMILES string of the molecule is CNCCOc1nc(NCCS(=O)(=O)O)nc(Nc2ccc(C=Cc3ccc(Nc4nc(/N=C\CSOOO)nc(NCCOCCO)n4)cc3S(=O)(=O)O)c(SOOO)c2)n1. The van der Waals surface area contributed by atoms with Gasteiger partial charge in [-0.3, -0.25) is 9.11 Å². The number of aromatic nitrogens is 6. The fourth-order valence-electron chi connectivity index (χ4n) is 4.53. The van der Waals surface area contributed by atoms with Crippen molar-refractivity contribution in [2.75, 3.05) is 85.9 Å². The highest BCUT2D eigenvalue weighted by Crippen LogP contribution is 2.31. The van der Waals surface area contributed by atoms with Crippen molar-refractivity contribution in [3.05, 3.63) is 47.5 Å². The van der Waals surface area contributed by atoms with Gasteiger partial charge in [0.25, 0.3) is 26.2 Å². The Kier molecular flexibility index (Phi) is 20.7. The van der Waals surface area contributed by atoms with Crippen molar-refractivity contribution < 1.29 is 69.8 Å². The number of aliphatic imine (C=N–C) groups is 1. The Morgan fingerprint density at radius 2 is 1.40 bits per heavy atom. The number of ether oxygens (including phenoxy) is 2. The summed E-state index contributed by atoms with van der Waals surface area (Å²) in [5.74, 6) is -0.667. The van der Waals surface area contributed by atoms with Gasteiger partial charge in [0.2, 0.25) is 23.8 Å². The van der Waals surface area contributed by atoms with Crippen LogP contribution in [0.2, 0.25) is 0 Å². The van der Waals surface area contributed by atoms with Crippen molar-refractivity contribution in [2.24, 2.45) is 4.99 Å². The van der Waals surface area contributed by atoms with E-state index in [-0.39, 0.29) is 92.3 Å². The summed E-state index contributed by atoms with van der Waals surface area (Å²) in [4.78, 5) is 29.1. The third-order valence-electron chi connectivity index (χ3n) is 7.07. The smallest absolute Gasteiger partial charge is 0.323 e. The molecule has 338 valence electrons. The van der Waals surface area contributed by atoms with E-state index in [0.717, 1.165) is 18.1 Å². The van der Waals surface area contributed by atoms with E-state index in [4.69, 9.17) is 29.6 Å². The lowest BCUT2D eigenvalue weighted by molar-refractivity contribution is -0.432. The van der Waals surface area contributed by atoms with Crippen molar-refractivity contribution in [2.45, 2.75) is 9.79 Å². The number of aliphatic hydroxyl groups is 1. The van der Waals surface area contributed by atoms with E-state index in [9.17, 15) is 21.4 Å². The highest BCUT2D eigenvalue weighted by molar-refractivity contribution is 7.95. The van der Waals surface area contributed by atoms with Crippen LogP contribution in [0.4, 0.5) is 41.1 Å². The lowest BCUT2D eigenvalue weighted by atomic mass is 10.1. The molecule has 0 radical (unpaired) electrons. The largest absolute Gasteiger partial charge is 0.462 e. The summed E-state index contributed by atoms with van der Waals surface area (Å²) < 4.78 is 86.7. The molecule has 0 bridgehead atoms. The van der Waals surface area contributed by atoms with Crippen LogP contribution in [0.3, 0.4) is 0 Å². The number of nitrogens with one attached hydrogen (secondary N) is 5. The first-order chi connectivity index (χ1) is 29.8. The zero-order valence-corrected chi connectivity index (χ0v) is 35.4. The van der Waals surface area contributed by atoms with E-state index in [1.807, 2.05) is 0 Å². The number of anilines is 6. The van der Waals surface area contributed by atoms with Crippen molar-refractivity contribution in [3.63, 3.8) is 0 Å². The fraction of sp³-hybridized carbons (Fsp3) is 0.323. The predicted octanol–water partition coefficient (Wildman–Crippen LogP) is 2.48. The highest BCUT2D eigenvalue weighted by Gasteiger charge is 2.17. The average Bonchev–Trinajstić information content (AvgIpc) is 3.22. The van der Waals surface area contributed by atoms with Crippen LogP contribution in [0.15, 0.2) is 51.2 Å². The van der Waals surface area contributed by atoms with Gasteiger partial charge in [0.05, 0.1) is 43.4 Å². The third kappa shape index (κ3) is 18.2. The van der Waals surface area contributed by atoms with Crippen molar-refractivity contribution in [1.29, 1.82) is 0 Å². The molecule has 0 spiro atoms. The quantitative estimate of drug-likeness (QED) is 0.00711. The van der Waals surface area contributed by atoms with Crippen LogP contribution in [-0.2, 0) is 43.7 Å². The molecule has 0 fully saturated rings. The molecule has 62 heavy (non-hydrogen) atoms. The standard InChI is InChI=1S/C31H40N12O15S4/c1-32-8-14-54-31-42-28(35-11-17-61(47,48)49)41-30(43-31)36-22-6-4-20(24(18-22)60-58-56-46)2-3-21-5-7-23(19-25(21)62(50,51)52)37-29-39-26(33-9-13-53-15-12-44)38-27(40-29)34-10-16-59-57-55-45/h2-7,10,18-19,32,44-46H,8-9,11-17H2,1H3,(H,47,48,49)(H,50,51,52)(H2,33,37,38,39,40)(H2,35,36,41,42,43)/b3-2?,34-10-. The molecule has 0 aliphatic heterocycles. The average molecular weight is 949 g/mol. The minimum absolute atomic E-state index is 0.0321. The second kappa shape index (κ2) is 25.8. The van der Waals surface area contributed by atoms with Gasteiger partial charge >= 0.3 is 6.01 Å². The Hall–Kier alpha value is -4.97. The summed E-state index contributed by atoms with van der Waals surface area (Å²) in [7, 11) is -7.38. The molecule has 4 rings (SSSR count). The van der Waals surface area contributed by atoms with Crippen LogP contribution in [0, 0.1) is 0 Å². The molecule has 0 atom stereocenters. The van der Waals surface area contributed by atoms with Gasteiger partial charge in [-0.15, -0.1) is 8.67 Å². The van der Waals surface area contributed by atoms with E-state index >= 15 is 0 Å². The number of hydrogen-bond donors (Lipinski definition) is 10. The van der Waals surface area contributed by atoms with Gasteiger partial charge in [0, 0.05) is 54.2 Å². The Morgan fingerprint density at radius 1 is 0.758 bits per heavy atom. The lowest BCUT2D eigenvalue weighted by Crippen LogP contribution is -2.19. The number of rotatable bonds is 29. The minimum Gasteiger partial charge on any atom is -0.462 e. The van der Waals surface area contributed by atoms with Gasteiger partial charge in [0.15, 0.2) is 0 Å². The molecule has 10 N–H and O–H groups in total. The zero-order chi connectivity index (χ0) is 44.8. The van der Waals surface area contributed by atoms with Crippen LogP contribution < -0.4 is 31.3 Å². The monoisotopic (exact) mass is 948 g/mol. The van der Waals surface area contributed by atoms with E-state index in [0.29, 0.717) is 34.7 Å². The number of hydrogen-bond acceptors (Lipinski definition) is 27. The predicted molar refractivity (Wildman–Crippen MR) is 225 cm³/mol. The van der Waals surface area contributed by atoms with Gasteiger partial charge in [-0.1, -0.05) is 34.4 Å². The third-order valence-corrected chi connectivity index (χ3v) is 9.81. The molecule has 4 aromatic rings. The highest BCUT2D eigenvalue weighted by atomic mass is 32.2. The van der Waals surface area contributed by atoms with E-state index < -0.39 is 30.9 Å². The van der Waals surface area contributed by atoms with Gasteiger partial charge in [-0.25, -0.2) is 15.5 Å². The minimum atomic E-state index is -4.83. The summed E-state index contributed by atoms with van der Waals surface area (Å²) in [6.07, 6.45) is 4.24. The van der Waals surface area contributed by atoms with Gasteiger partial charge in [-0.2, -0.15) is 46.7 Å². The molecule has 0 amide bonds. The molecule has 2 aromatic heterocycles. The summed E-state index contributed by atoms with van der Waals surface area (Å²) in [6.45, 7) is 0.833. The Morgan fingerprint density at radius 3 is 2.10 bits per heavy atom. The molecule has 31 heteroatoms. The summed E-state index contributed by atoms with van der Waals surface area (Å²) in [5, 5.41) is 47.7. The van der Waals surface area contributed by atoms with Gasteiger partial charge < -0.3 is 41.2 Å². The van der Waals surface area contributed by atoms with E-state index in [1.54, 1.807) is 19.2 Å². The first-order valence-corrected chi connectivity index (χ1v) is 22.2. The molecule has 0 aliphatic rings. The number of nitrogens with zero attached hydrogens (tertiary/aromatic N) is 7. The Labute approximate surface area is 361 Å². The molecule has 0 aliphatic carbocycles. The zero-order valence-electron chi connectivity index (χ0n) is 32.1. The van der Waals surface area contributed by atoms with Crippen LogP contribution in [0.1, 0.15) is 11.1 Å².